The second-order valence-corrected chi connectivity index (χ2v) is 2.28. The highest BCUT2D eigenvalue weighted by molar-refractivity contribution is 5.87. The van der Waals surface area contributed by atoms with Crippen molar-refractivity contribution in [2.24, 2.45) is 5.73 Å². The number of hydrogen-bond acceptors (Lipinski definition) is 3. The molecule has 0 amide bonds. The standard InChI is InChI=1S/C8H15NO2/c1-3-11-5-4-8(9)6-7(2)10/h6H,3-5,9H2,1-2H3. The molecule has 0 heterocycles. The first kappa shape index (κ1) is 10.2. The molecule has 0 saturated carbocycles. The lowest BCUT2D eigenvalue weighted by Crippen LogP contribution is -2.04. The van der Waals surface area contributed by atoms with Gasteiger partial charge in [0.05, 0.1) is 6.61 Å². The van der Waals surface area contributed by atoms with Gasteiger partial charge in [0.2, 0.25) is 0 Å². The third-order valence-electron chi connectivity index (χ3n) is 1.13. The molecular weight excluding hydrogens is 142 g/mol. The van der Waals surface area contributed by atoms with E-state index in [1.807, 2.05) is 6.92 Å². The summed E-state index contributed by atoms with van der Waals surface area (Å²) in [5.41, 5.74) is 6.06. The maximum Gasteiger partial charge on any atom is 0.154 e. The molecular formula is C8H15NO2. The molecule has 0 fully saturated rings. The van der Waals surface area contributed by atoms with Crippen LogP contribution in [0.4, 0.5) is 0 Å². The summed E-state index contributed by atoms with van der Waals surface area (Å²) in [6.45, 7) is 4.68. The van der Waals surface area contributed by atoms with E-state index < -0.39 is 0 Å². The van der Waals surface area contributed by atoms with Crippen molar-refractivity contribution < 1.29 is 9.53 Å². The summed E-state index contributed by atoms with van der Waals surface area (Å²) < 4.78 is 5.05. The van der Waals surface area contributed by atoms with E-state index in [-0.39, 0.29) is 5.78 Å². The van der Waals surface area contributed by atoms with Gasteiger partial charge in [0.15, 0.2) is 5.78 Å². The molecule has 0 saturated heterocycles. The van der Waals surface area contributed by atoms with Crippen LogP contribution in [0.15, 0.2) is 11.8 Å². The van der Waals surface area contributed by atoms with E-state index in [9.17, 15) is 4.79 Å². The molecule has 3 nitrogen and oxygen atoms in total. The maximum atomic E-state index is 10.5. The molecule has 2 N–H and O–H groups in total. The summed E-state index contributed by atoms with van der Waals surface area (Å²) in [7, 11) is 0. The molecule has 0 spiro atoms. The molecule has 0 aliphatic rings. The van der Waals surface area contributed by atoms with Gasteiger partial charge in [0, 0.05) is 18.7 Å². The number of carbonyl (C=O) groups excluding carboxylic acids is 1. The van der Waals surface area contributed by atoms with Gasteiger partial charge in [-0.2, -0.15) is 0 Å². The highest BCUT2D eigenvalue weighted by Crippen LogP contribution is 1.93. The lowest BCUT2D eigenvalue weighted by Gasteiger charge is -2.00. The molecule has 0 aromatic heterocycles. The summed E-state index contributed by atoms with van der Waals surface area (Å²) in [5.74, 6) is -0.0148. The highest BCUT2D eigenvalue weighted by Gasteiger charge is 1.92. The van der Waals surface area contributed by atoms with E-state index in [0.29, 0.717) is 25.3 Å². The van der Waals surface area contributed by atoms with Crippen molar-refractivity contribution in [1.29, 1.82) is 0 Å². The highest BCUT2D eigenvalue weighted by atomic mass is 16.5. The van der Waals surface area contributed by atoms with E-state index in [0.717, 1.165) is 0 Å². The molecule has 0 bridgehead atoms. The quantitative estimate of drug-likeness (QED) is 0.475. The lowest BCUT2D eigenvalue weighted by atomic mass is 10.3. The van der Waals surface area contributed by atoms with Crippen molar-refractivity contribution in [3.05, 3.63) is 11.8 Å². The number of nitrogens with two attached hydrogens (primary N) is 1. The van der Waals surface area contributed by atoms with Gasteiger partial charge in [-0.25, -0.2) is 0 Å². The summed E-state index contributed by atoms with van der Waals surface area (Å²) in [6, 6.07) is 0. The van der Waals surface area contributed by atoms with Gasteiger partial charge < -0.3 is 10.5 Å². The van der Waals surface area contributed by atoms with Gasteiger partial charge in [0.25, 0.3) is 0 Å². The molecule has 3 heteroatoms. The zero-order chi connectivity index (χ0) is 8.69. The largest absolute Gasteiger partial charge is 0.402 e. The van der Waals surface area contributed by atoms with Crippen LogP contribution in [0.1, 0.15) is 20.3 Å². The number of carbonyl (C=O) groups is 1. The number of hydrogen-bond donors (Lipinski definition) is 1. The summed E-state index contributed by atoms with van der Waals surface area (Å²) in [5, 5.41) is 0. The maximum absolute atomic E-state index is 10.5. The fourth-order valence-corrected chi connectivity index (χ4v) is 0.668. The monoisotopic (exact) mass is 157 g/mol. The van der Waals surface area contributed by atoms with Gasteiger partial charge >= 0.3 is 0 Å². The minimum atomic E-state index is -0.0148. The SMILES string of the molecule is CCOCCC(N)=CC(C)=O. The van der Waals surface area contributed by atoms with Crippen LogP contribution < -0.4 is 5.73 Å². The van der Waals surface area contributed by atoms with Crippen molar-refractivity contribution in [3.63, 3.8) is 0 Å². The molecule has 0 radical (unpaired) electrons. The second kappa shape index (κ2) is 5.92. The molecule has 0 rings (SSSR count). The van der Waals surface area contributed by atoms with Crippen LogP contribution in [-0.2, 0) is 9.53 Å². The predicted molar refractivity (Wildman–Crippen MR) is 44.1 cm³/mol. The van der Waals surface area contributed by atoms with E-state index >= 15 is 0 Å². The van der Waals surface area contributed by atoms with E-state index in [1.165, 1.54) is 13.0 Å². The van der Waals surface area contributed by atoms with Gasteiger partial charge in [-0.3, -0.25) is 4.79 Å². The minimum Gasteiger partial charge on any atom is -0.402 e. The summed E-state index contributed by atoms with van der Waals surface area (Å²) in [6.07, 6.45) is 2.06. The Morgan fingerprint density at radius 3 is 2.73 bits per heavy atom. The Morgan fingerprint density at radius 2 is 2.27 bits per heavy atom. The minimum absolute atomic E-state index is 0.0148. The van der Waals surface area contributed by atoms with Crippen molar-refractivity contribution in [1.82, 2.24) is 0 Å². The third kappa shape index (κ3) is 7.06. The van der Waals surface area contributed by atoms with Gasteiger partial charge in [0.1, 0.15) is 0 Å². The number of ether oxygens (including phenoxy) is 1. The zero-order valence-corrected chi connectivity index (χ0v) is 7.09. The van der Waals surface area contributed by atoms with Crippen molar-refractivity contribution in [3.8, 4) is 0 Å². The average Bonchev–Trinajstić information content (AvgIpc) is 1.86. The van der Waals surface area contributed by atoms with Gasteiger partial charge in [-0.05, 0) is 19.9 Å². The molecule has 0 aromatic carbocycles. The Kier molecular flexibility index (Phi) is 5.47. The molecule has 11 heavy (non-hydrogen) atoms. The fourth-order valence-electron chi connectivity index (χ4n) is 0.668. The Hall–Kier alpha value is -0.830. The Balaban J connectivity index is 3.51. The van der Waals surface area contributed by atoms with Crippen molar-refractivity contribution in [2.75, 3.05) is 13.2 Å². The van der Waals surface area contributed by atoms with Crippen LogP contribution in [0.25, 0.3) is 0 Å². The van der Waals surface area contributed by atoms with E-state index in [4.69, 9.17) is 10.5 Å². The van der Waals surface area contributed by atoms with Crippen LogP contribution >= 0.6 is 0 Å². The Morgan fingerprint density at radius 1 is 1.64 bits per heavy atom. The van der Waals surface area contributed by atoms with Crippen LogP contribution in [0.3, 0.4) is 0 Å². The molecule has 0 aliphatic carbocycles. The van der Waals surface area contributed by atoms with Crippen LogP contribution in [0, 0.1) is 0 Å². The van der Waals surface area contributed by atoms with Crippen molar-refractivity contribution >= 4 is 5.78 Å². The van der Waals surface area contributed by atoms with E-state index in [1.54, 1.807) is 0 Å². The van der Waals surface area contributed by atoms with Crippen LogP contribution in [0.2, 0.25) is 0 Å². The van der Waals surface area contributed by atoms with Gasteiger partial charge in [-0.15, -0.1) is 0 Å². The second-order valence-electron chi connectivity index (χ2n) is 2.28. The first-order chi connectivity index (χ1) is 5.16. The predicted octanol–water partition coefficient (Wildman–Crippen LogP) is 0.845. The molecule has 0 unspecified atom stereocenters. The normalized spacial score (nSPS) is 11.6. The summed E-state index contributed by atoms with van der Waals surface area (Å²) in [4.78, 5) is 10.5. The number of allylic oxidation sites excluding steroid dienone is 1. The topological polar surface area (TPSA) is 52.3 Å². The number of ketones is 1. The smallest absolute Gasteiger partial charge is 0.154 e. The van der Waals surface area contributed by atoms with Crippen LogP contribution in [-0.4, -0.2) is 19.0 Å². The molecule has 0 atom stereocenters. The van der Waals surface area contributed by atoms with E-state index in [2.05, 4.69) is 0 Å². The zero-order valence-electron chi connectivity index (χ0n) is 7.09. The first-order valence-corrected chi connectivity index (χ1v) is 3.71. The fraction of sp³-hybridized carbons (Fsp3) is 0.625. The van der Waals surface area contributed by atoms with Crippen molar-refractivity contribution in [2.45, 2.75) is 20.3 Å². The van der Waals surface area contributed by atoms with Gasteiger partial charge in [-0.1, -0.05) is 0 Å². The third-order valence-corrected chi connectivity index (χ3v) is 1.13. The lowest BCUT2D eigenvalue weighted by molar-refractivity contribution is -0.112. The van der Waals surface area contributed by atoms with Crippen LogP contribution in [0.5, 0.6) is 0 Å². The first-order valence-electron chi connectivity index (χ1n) is 3.71. The molecule has 0 aliphatic heterocycles. The summed E-state index contributed by atoms with van der Waals surface area (Å²) >= 11 is 0. The molecule has 0 aromatic rings. The average molecular weight is 157 g/mol. The Labute approximate surface area is 67.2 Å². The Bertz CT molecular complexity index is 152. The molecule has 64 valence electrons. The number of rotatable bonds is 5.